The molecule has 20 heterocycles. The van der Waals surface area contributed by atoms with Gasteiger partial charge in [-0.25, -0.2) is 19.9 Å². The second-order valence-electron chi connectivity index (χ2n) is 37.3. The number of likely N-dealkylation sites (N-methyl/N-ethyl adjacent to an activating group) is 3. The highest BCUT2D eigenvalue weighted by molar-refractivity contribution is 6.31. The normalized spacial score (nSPS) is 23.1. The number of hydrogen-bond acceptors (Lipinski definition) is 22. The molecule has 129 heavy (non-hydrogen) atoms. The van der Waals surface area contributed by atoms with Crippen LogP contribution in [0.1, 0.15) is 208 Å². The van der Waals surface area contributed by atoms with Crippen molar-refractivity contribution < 1.29 is 0 Å². The zero-order valence-electron chi connectivity index (χ0n) is 78.6. The van der Waals surface area contributed by atoms with Crippen LogP contribution in [0.5, 0.6) is 0 Å². The lowest BCUT2D eigenvalue weighted by Gasteiger charge is -2.39. The van der Waals surface area contributed by atoms with Crippen LogP contribution in [0.3, 0.4) is 0 Å². The van der Waals surface area contributed by atoms with Crippen LogP contribution in [0.2, 0.25) is 10.0 Å². The van der Waals surface area contributed by atoms with E-state index in [4.69, 9.17) is 53.1 Å². The lowest BCUT2D eigenvalue weighted by molar-refractivity contribution is 0.109. The van der Waals surface area contributed by atoms with E-state index in [1.54, 1.807) is 0 Å². The number of pyridine rings is 8. The number of halogens is 2. The van der Waals surface area contributed by atoms with Gasteiger partial charge in [-0.2, -0.15) is 0 Å². The molecule has 684 valence electrons. The highest BCUT2D eigenvalue weighted by atomic mass is 35.5. The van der Waals surface area contributed by atoms with E-state index in [9.17, 15) is 0 Å². The van der Waals surface area contributed by atoms with Crippen molar-refractivity contribution in [3.05, 3.63) is 231 Å². The summed E-state index contributed by atoms with van der Waals surface area (Å²) in [7, 11) is 23.9. The number of nitrogens with one attached hydrogen (secondary N) is 2. The molecule has 8 saturated heterocycles. The van der Waals surface area contributed by atoms with Crippen LogP contribution >= 0.6 is 23.2 Å². The smallest absolute Gasteiger partial charge is 0.140 e. The Morgan fingerprint density at radius 3 is 1.08 bits per heavy atom. The molecule has 8 fully saturated rings. The molecule has 0 saturated carbocycles. The number of imidazole rings is 4. The lowest BCUT2D eigenvalue weighted by Crippen LogP contribution is -2.45. The first-order valence-corrected chi connectivity index (χ1v) is 48.2. The Labute approximate surface area is 774 Å². The SMILES string of the molecule is C/C=C/c1c([C@H]2CCC[C@@H](c3ncccc3C)N2C)nc2cccc(N3CCN(C)CC3)n12.CN(C)C1CCN(c2cccc3nc([C@H]4CCC[C@@H](c5ncccc5Cl)N4C)cn23)CC1.CNc1c([C@H]2CCC[C@@H](c3ncccc3C)N2C)nc2cccc(N3CCN(C)CC3)n12.CNc1c([C@H]2CCC[C@@H](c3ncccc3Cl)N2C)nc2cccc(N3CCN(C)CC3)n12. The number of aryl methyl sites for hydroxylation is 2. The van der Waals surface area contributed by atoms with Crippen molar-refractivity contribution >= 4 is 86.8 Å². The van der Waals surface area contributed by atoms with Gasteiger partial charge in [-0.05, 0) is 276 Å². The average molecular weight is 1790 g/mol. The molecule has 0 aromatic carbocycles. The van der Waals surface area contributed by atoms with Crippen LogP contribution in [0.15, 0.2) is 158 Å². The van der Waals surface area contributed by atoms with Gasteiger partial charge in [0.25, 0.3) is 0 Å². The van der Waals surface area contributed by atoms with Crippen molar-refractivity contribution in [2.75, 3.05) is 199 Å². The first-order valence-electron chi connectivity index (χ1n) is 47.4. The van der Waals surface area contributed by atoms with E-state index in [1.807, 2.05) is 75.3 Å². The molecular weight excluding hydrogens is 1650 g/mol. The topological polar surface area (TPSA) is 184 Å². The van der Waals surface area contributed by atoms with Gasteiger partial charge in [0.1, 0.15) is 68.9 Å². The summed E-state index contributed by atoms with van der Waals surface area (Å²) in [6.07, 6.45) is 30.0. The molecule has 20 rings (SSSR count). The zero-order valence-corrected chi connectivity index (χ0v) is 80.1. The molecule has 12 aromatic heterocycles. The summed E-state index contributed by atoms with van der Waals surface area (Å²) in [6, 6.07) is 44.8. The first-order chi connectivity index (χ1) is 62.8. The molecule has 0 unspecified atom stereocenters. The van der Waals surface area contributed by atoms with Crippen molar-refractivity contribution in [3.8, 4) is 0 Å². The van der Waals surface area contributed by atoms with Crippen molar-refractivity contribution in [3.63, 3.8) is 0 Å². The number of nitrogens with zero attached hydrogens (tertiary/aromatic N) is 24. The maximum absolute atomic E-state index is 6.53. The maximum Gasteiger partial charge on any atom is 0.140 e. The first kappa shape index (κ1) is 91.1. The standard InChI is InChI=1S/C27H36N6.C25H33ClN6.C25H35N7.C24H32ClN7/c1-5-9-23-27(22-12-6-11-21(31(22)4)26-20(2)10-8-15-28-26)29-24-13-7-14-25(33(23)24)32-18-16-30(3)17-19-32;1-29(2)18-12-15-31(16-13-18)24-11-5-10-23-28-20(17-32(23)24)21-8-4-9-22(30(21)3)25-19(26)7-6-14-27-25;1-18-8-7-13-27-23(18)19-9-5-10-20(30(19)4)24-25(26-2)32-21(28-24)11-6-12-22(32)31-16-14-29(3)15-17-31;1-26-24-23(19-9-4-8-18(30(19)3)22-17(25)7-6-12-27-22)28-20-10-5-11-21(32(20)24)31-15-13-29(2)14-16-31/h5,7-10,13-15,21-22H,6,11-12,16-19H2,1-4H3;5-7,10-11,14,17-18,21-22H,4,8-9,12-13,15-16H2,1-3H3;6-8,11-13,19-20,26H,5,9-10,14-17H2,1-4H3;5-7,10-12,18-19,26H,4,8-9,13-16H2,1-3H3/b9-5+;;;/t2*21-,22+;19-,20+;18-,19+/m0100/s1. The Hall–Kier alpha value is -9.84. The Balaban J connectivity index is 0.000000121. The highest BCUT2D eigenvalue weighted by Crippen LogP contribution is 2.49. The lowest BCUT2D eigenvalue weighted by atomic mass is 9.90. The van der Waals surface area contributed by atoms with Crippen LogP contribution in [0.4, 0.5) is 34.9 Å². The molecule has 8 aliphatic heterocycles. The Bertz CT molecular complexity index is 5610. The van der Waals surface area contributed by atoms with Crippen molar-refractivity contribution in [2.24, 2.45) is 0 Å². The molecule has 2 N–H and O–H groups in total. The molecule has 8 atom stereocenters. The van der Waals surface area contributed by atoms with Gasteiger partial charge in [0.05, 0.1) is 98.2 Å². The van der Waals surface area contributed by atoms with E-state index in [0.717, 1.165) is 229 Å². The summed E-state index contributed by atoms with van der Waals surface area (Å²) in [6.45, 7) is 21.3. The van der Waals surface area contributed by atoms with E-state index >= 15 is 0 Å². The van der Waals surface area contributed by atoms with Crippen molar-refractivity contribution in [1.82, 2.24) is 96.7 Å². The van der Waals surface area contributed by atoms with E-state index in [0.29, 0.717) is 18.1 Å². The van der Waals surface area contributed by atoms with E-state index in [1.165, 1.54) is 82.9 Å². The molecule has 8 aliphatic rings. The number of aromatic nitrogens is 12. The molecule has 0 spiro atoms. The van der Waals surface area contributed by atoms with Crippen LogP contribution in [0, 0.1) is 13.8 Å². The number of anilines is 6. The number of fused-ring (bicyclic) bond motifs is 4. The van der Waals surface area contributed by atoms with E-state index in [2.05, 4.69) is 284 Å². The van der Waals surface area contributed by atoms with Crippen LogP contribution < -0.4 is 30.2 Å². The molecule has 28 heteroatoms. The monoisotopic (exact) mass is 1780 g/mol. The van der Waals surface area contributed by atoms with Crippen LogP contribution in [-0.2, 0) is 0 Å². The number of rotatable bonds is 16. The summed E-state index contributed by atoms with van der Waals surface area (Å²) in [5.74, 6) is 7.14. The molecular formula is C101H136Cl2N26. The number of likely N-dealkylation sites (tertiary alicyclic amines) is 4. The quantitative estimate of drug-likeness (QED) is 0.0930. The third-order valence-corrected chi connectivity index (χ3v) is 29.9. The minimum absolute atomic E-state index is 0.189. The van der Waals surface area contributed by atoms with Gasteiger partial charge >= 0.3 is 0 Å². The fraction of sp³-hybridized carbons (Fsp3) is 0.505. The second-order valence-corrected chi connectivity index (χ2v) is 38.1. The van der Waals surface area contributed by atoms with Crippen molar-refractivity contribution in [1.29, 1.82) is 0 Å². The summed E-state index contributed by atoms with van der Waals surface area (Å²) < 4.78 is 9.29. The molecule has 26 nitrogen and oxygen atoms in total. The number of allylic oxidation sites excluding steroid dienone is 1. The second kappa shape index (κ2) is 40.9. The largest absolute Gasteiger partial charge is 0.373 e. The van der Waals surface area contributed by atoms with E-state index < -0.39 is 0 Å². The number of piperazine rings is 3. The summed E-state index contributed by atoms with van der Waals surface area (Å²) >= 11 is 13.0. The number of hydrogen-bond donors (Lipinski definition) is 2. The molecule has 0 bridgehead atoms. The summed E-state index contributed by atoms with van der Waals surface area (Å²) in [5, 5.41) is 8.49. The Morgan fingerprint density at radius 2 is 0.682 bits per heavy atom. The molecule has 0 aliphatic carbocycles. The average Bonchev–Trinajstić information content (AvgIpc) is 1.61. The van der Waals surface area contributed by atoms with Crippen LogP contribution in [0.25, 0.3) is 28.7 Å². The highest BCUT2D eigenvalue weighted by Gasteiger charge is 2.41. The minimum Gasteiger partial charge on any atom is -0.373 e. The summed E-state index contributed by atoms with van der Waals surface area (Å²) in [4.78, 5) is 68.8. The Morgan fingerprint density at radius 1 is 0.349 bits per heavy atom. The van der Waals surface area contributed by atoms with Gasteiger partial charge in [-0.15, -0.1) is 0 Å². The van der Waals surface area contributed by atoms with Crippen LogP contribution in [-0.4, -0.2) is 272 Å². The van der Waals surface area contributed by atoms with Crippen molar-refractivity contribution in [2.45, 2.75) is 165 Å². The molecule has 0 amide bonds. The zero-order chi connectivity index (χ0) is 89.7. The summed E-state index contributed by atoms with van der Waals surface area (Å²) in [5.41, 5.74) is 16.8. The van der Waals surface area contributed by atoms with Gasteiger partial charge in [-0.1, -0.05) is 65.7 Å². The third kappa shape index (κ3) is 19.1. The number of piperidine rings is 5. The fourth-order valence-electron chi connectivity index (χ4n) is 21.9. The molecule has 0 radical (unpaired) electrons. The maximum atomic E-state index is 6.53. The minimum atomic E-state index is 0.189. The predicted molar refractivity (Wildman–Crippen MR) is 527 cm³/mol. The van der Waals surface area contributed by atoms with Gasteiger partial charge in [0.2, 0.25) is 0 Å². The van der Waals surface area contributed by atoms with E-state index in [-0.39, 0.29) is 36.3 Å². The fourth-order valence-corrected chi connectivity index (χ4v) is 22.4. The third-order valence-electron chi connectivity index (χ3n) is 29.3. The van der Waals surface area contributed by atoms with Gasteiger partial charge in [0, 0.05) is 143 Å². The van der Waals surface area contributed by atoms with Gasteiger partial charge < -0.3 is 49.8 Å². The predicted octanol–water partition coefficient (Wildman–Crippen LogP) is 17.3. The van der Waals surface area contributed by atoms with Gasteiger partial charge in [-0.3, -0.25) is 57.1 Å². The molecule has 12 aromatic rings. The van der Waals surface area contributed by atoms with Gasteiger partial charge in [0.15, 0.2) is 0 Å². The Kier molecular flexibility index (Phi) is 28.9.